The predicted molar refractivity (Wildman–Crippen MR) is 74.8 cm³/mol. The van der Waals surface area contributed by atoms with Gasteiger partial charge in [0.25, 0.3) is 5.56 Å². The zero-order valence-corrected chi connectivity index (χ0v) is 11.1. The summed E-state index contributed by atoms with van der Waals surface area (Å²) >= 11 is 7.81. The second-order valence-corrected chi connectivity index (χ2v) is 5.84. The molecule has 1 aromatic heterocycles. The Morgan fingerprint density at radius 3 is 2.94 bits per heavy atom. The normalized spacial score (nSPS) is 19.5. The van der Waals surface area contributed by atoms with Gasteiger partial charge in [0, 0.05) is 5.75 Å². The fourth-order valence-electron chi connectivity index (χ4n) is 2.29. The van der Waals surface area contributed by atoms with Crippen LogP contribution < -0.4 is 11.2 Å². The number of nitrogens with one attached hydrogen (secondary N) is 1. The van der Waals surface area contributed by atoms with Gasteiger partial charge in [-0.2, -0.15) is 11.8 Å². The first-order chi connectivity index (χ1) is 8.68. The third kappa shape index (κ3) is 1.78. The fourth-order valence-corrected chi connectivity index (χ4v) is 3.74. The van der Waals surface area contributed by atoms with Crippen LogP contribution in [0.2, 0.25) is 5.02 Å². The third-order valence-electron chi connectivity index (χ3n) is 3.18. The average Bonchev–Trinajstić information content (AvgIpc) is 2.82. The summed E-state index contributed by atoms with van der Waals surface area (Å²) in [5, 5.41) is 0.781. The predicted octanol–water partition coefficient (Wildman–Crippen LogP) is 2.02. The summed E-state index contributed by atoms with van der Waals surface area (Å²) in [5.74, 6) is 1.79. The zero-order valence-electron chi connectivity index (χ0n) is 9.48. The molecule has 1 aliphatic rings. The van der Waals surface area contributed by atoms with Gasteiger partial charge in [0.1, 0.15) is 0 Å². The van der Waals surface area contributed by atoms with Crippen molar-refractivity contribution in [3.05, 3.63) is 44.1 Å². The van der Waals surface area contributed by atoms with Crippen molar-refractivity contribution in [2.24, 2.45) is 0 Å². The molecule has 3 rings (SSSR count). The Kier molecular flexibility index (Phi) is 2.95. The Morgan fingerprint density at radius 1 is 1.39 bits per heavy atom. The van der Waals surface area contributed by atoms with Crippen molar-refractivity contribution in [1.29, 1.82) is 0 Å². The number of nitrogens with zero attached hydrogens (tertiary/aromatic N) is 1. The molecule has 6 heteroatoms. The van der Waals surface area contributed by atoms with E-state index in [1.54, 1.807) is 30.0 Å². The van der Waals surface area contributed by atoms with Crippen LogP contribution in [0.1, 0.15) is 12.5 Å². The van der Waals surface area contributed by atoms with Crippen molar-refractivity contribution >= 4 is 34.3 Å². The minimum atomic E-state index is -0.345. The van der Waals surface area contributed by atoms with E-state index in [4.69, 9.17) is 11.6 Å². The van der Waals surface area contributed by atoms with E-state index in [0.717, 1.165) is 17.9 Å². The maximum atomic E-state index is 12.4. The lowest BCUT2D eigenvalue weighted by molar-refractivity contribution is 0.519. The van der Waals surface area contributed by atoms with Crippen molar-refractivity contribution in [3.63, 3.8) is 0 Å². The molecule has 0 saturated carbocycles. The van der Waals surface area contributed by atoms with E-state index in [1.165, 1.54) is 4.57 Å². The SMILES string of the molecule is O=c1[nH]c2cccc(Cl)c2c(=O)n1C1CCSC1. The number of aromatic amines is 1. The molecule has 2 aromatic rings. The van der Waals surface area contributed by atoms with Crippen LogP contribution in [-0.4, -0.2) is 21.1 Å². The van der Waals surface area contributed by atoms with Crippen LogP contribution in [0.25, 0.3) is 10.9 Å². The summed E-state index contributed by atoms with van der Waals surface area (Å²) in [5.41, 5.74) is -0.131. The number of thioether (sulfide) groups is 1. The van der Waals surface area contributed by atoms with Gasteiger partial charge in [-0.3, -0.25) is 9.36 Å². The van der Waals surface area contributed by atoms with Gasteiger partial charge >= 0.3 is 5.69 Å². The van der Waals surface area contributed by atoms with Gasteiger partial charge in [-0.25, -0.2) is 4.79 Å². The van der Waals surface area contributed by atoms with Crippen LogP contribution in [0.15, 0.2) is 27.8 Å². The van der Waals surface area contributed by atoms with Gasteiger partial charge in [-0.05, 0) is 24.3 Å². The van der Waals surface area contributed by atoms with Crippen molar-refractivity contribution in [2.75, 3.05) is 11.5 Å². The van der Waals surface area contributed by atoms with E-state index in [1.807, 2.05) is 0 Å². The van der Waals surface area contributed by atoms with Gasteiger partial charge in [0.15, 0.2) is 0 Å². The Labute approximate surface area is 112 Å². The Balaban J connectivity index is 2.36. The second kappa shape index (κ2) is 4.48. The average molecular weight is 283 g/mol. The van der Waals surface area contributed by atoms with Crippen LogP contribution in [0.3, 0.4) is 0 Å². The number of aromatic nitrogens is 2. The maximum absolute atomic E-state index is 12.4. The maximum Gasteiger partial charge on any atom is 0.329 e. The Bertz CT molecular complexity index is 716. The lowest BCUT2D eigenvalue weighted by Gasteiger charge is -2.12. The second-order valence-electron chi connectivity index (χ2n) is 4.29. The molecule has 18 heavy (non-hydrogen) atoms. The van der Waals surface area contributed by atoms with Gasteiger partial charge < -0.3 is 4.98 Å². The zero-order chi connectivity index (χ0) is 12.7. The summed E-state index contributed by atoms with van der Waals surface area (Å²) in [6, 6.07) is 5.05. The molecule has 1 fully saturated rings. The summed E-state index contributed by atoms with van der Waals surface area (Å²) in [4.78, 5) is 27.1. The van der Waals surface area contributed by atoms with Crippen molar-refractivity contribution in [2.45, 2.75) is 12.5 Å². The molecule has 1 N–H and O–H groups in total. The Morgan fingerprint density at radius 2 is 2.22 bits per heavy atom. The Hall–Kier alpha value is -1.20. The standard InChI is InChI=1S/C12H11ClN2O2S/c13-8-2-1-3-9-10(8)11(16)15(12(17)14-9)7-4-5-18-6-7/h1-3,7H,4-6H2,(H,14,17). The summed E-state index contributed by atoms with van der Waals surface area (Å²) in [6.45, 7) is 0. The molecule has 2 heterocycles. The molecular weight excluding hydrogens is 272 g/mol. The van der Waals surface area contributed by atoms with Gasteiger partial charge in [0.05, 0.1) is 22.0 Å². The molecule has 1 unspecified atom stereocenters. The van der Waals surface area contributed by atoms with Crippen LogP contribution >= 0.6 is 23.4 Å². The lowest BCUT2D eigenvalue weighted by Crippen LogP contribution is -2.38. The minimum absolute atomic E-state index is 0.0214. The highest BCUT2D eigenvalue weighted by atomic mass is 35.5. The van der Waals surface area contributed by atoms with Crippen LogP contribution in [-0.2, 0) is 0 Å². The minimum Gasteiger partial charge on any atom is -0.307 e. The third-order valence-corrected chi connectivity index (χ3v) is 4.64. The highest BCUT2D eigenvalue weighted by Gasteiger charge is 2.22. The van der Waals surface area contributed by atoms with Crippen LogP contribution in [0.5, 0.6) is 0 Å². The van der Waals surface area contributed by atoms with Gasteiger partial charge in [-0.15, -0.1) is 0 Å². The molecule has 0 bridgehead atoms. The van der Waals surface area contributed by atoms with E-state index < -0.39 is 0 Å². The smallest absolute Gasteiger partial charge is 0.307 e. The first-order valence-corrected chi connectivity index (χ1v) is 7.22. The topological polar surface area (TPSA) is 54.9 Å². The number of hydrogen-bond acceptors (Lipinski definition) is 3. The van der Waals surface area contributed by atoms with E-state index in [-0.39, 0.29) is 17.3 Å². The quantitative estimate of drug-likeness (QED) is 0.871. The van der Waals surface area contributed by atoms with Crippen LogP contribution in [0, 0.1) is 0 Å². The molecule has 1 saturated heterocycles. The van der Waals surface area contributed by atoms with Crippen molar-refractivity contribution in [3.8, 4) is 0 Å². The molecule has 0 aliphatic carbocycles. The van der Waals surface area contributed by atoms with Crippen LogP contribution in [0.4, 0.5) is 0 Å². The molecule has 0 spiro atoms. The molecule has 4 nitrogen and oxygen atoms in total. The molecular formula is C12H11ClN2O2S. The molecule has 1 aromatic carbocycles. The largest absolute Gasteiger partial charge is 0.329 e. The summed E-state index contributed by atoms with van der Waals surface area (Å²) in [7, 11) is 0. The summed E-state index contributed by atoms with van der Waals surface area (Å²) in [6.07, 6.45) is 0.851. The number of halogens is 1. The number of rotatable bonds is 1. The fraction of sp³-hybridized carbons (Fsp3) is 0.333. The van der Waals surface area contributed by atoms with E-state index in [2.05, 4.69) is 4.98 Å². The van der Waals surface area contributed by atoms with Gasteiger partial charge in [-0.1, -0.05) is 17.7 Å². The van der Waals surface area contributed by atoms with E-state index in [9.17, 15) is 9.59 Å². The first-order valence-electron chi connectivity index (χ1n) is 5.69. The monoisotopic (exact) mass is 282 g/mol. The number of hydrogen-bond donors (Lipinski definition) is 1. The molecule has 0 radical (unpaired) electrons. The van der Waals surface area contributed by atoms with E-state index in [0.29, 0.717) is 15.9 Å². The van der Waals surface area contributed by atoms with E-state index >= 15 is 0 Å². The number of benzene rings is 1. The number of H-pyrrole nitrogens is 1. The first kappa shape index (κ1) is 11.9. The molecule has 1 atom stereocenters. The molecule has 0 amide bonds. The lowest BCUT2D eigenvalue weighted by atomic mass is 10.2. The molecule has 1 aliphatic heterocycles. The highest BCUT2D eigenvalue weighted by Crippen LogP contribution is 2.26. The van der Waals surface area contributed by atoms with Gasteiger partial charge in [0.2, 0.25) is 0 Å². The number of fused-ring (bicyclic) bond motifs is 1. The highest BCUT2D eigenvalue weighted by molar-refractivity contribution is 7.99. The summed E-state index contributed by atoms with van der Waals surface area (Å²) < 4.78 is 1.31. The molecule has 94 valence electrons. The van der Waals surface area contributed by atoms with Crippen molar-refractivity contribution in [1.82, 2.24) is 9.55 Å². The van der Waals surface area contributed by atoms with Crippen molar-refractivity contribution < 1.29 is 0 Å².